The van der Waals surface area contributed by atoms with E-state index in [1.54, 1.807) is 0 Å². The Labute approximate surface area is 254 Å². The van der Waals surface area contributed by atoms with Gasteiger partial charge in [0, 0.05) is 12.8 Å². The van der Waals surface area contributed by atoms with Gasteiger partial charge in [0.15, 0.2) is 0 Å². The highest BCUT2D eigenvalue weighted by Crippen LogP contribution is 2.15. The zero-order valence-electron chi connectivity index (χ0n) is 27.1. The molecule has 0 aromatic carbocycles. The van der Waals surface area contributed by atoms with Crippen LogP contribution in [0.3, 0.4) is 0 Å². The number of allylic oxidation sites excluding steroid dienone is 5. The third kappa shape index (κ3) is 32.5. The minimum absolute atomic E-state index is 0.0641. The SMILES string of the molecule is CCCCCC/C=C\C/C=C\C(CCCCCCCCC(=O)O)OC(=O)CCCCCCC/C=C\CCCCCC. The average Bonchev–Trinajstić information content (AvgIpc) is 2.95. The predicted octanol–water partition coefficient (Wildman–Crippen LogP) is 11.8. The zero-order chi connectivity index (χ0) is 30.1. The summed E-state index contributed by atoms with van der Waals surface area (Å²) < 4.78 is 5.88. The van der Waals surface area contributed by atoms with Gasteiger partial charge in [0.2, 0.25) is 0 Å². The van der Waals surface area contributed by atoms with Crippen molar-refractivity contribution in [3.05, 3.63) is 36.5 Å². The Kier molecular flexibility index (Phi) is 31.2. The maximum Gasteiger partial charge on any atom is 0.306 e. The third-order valence-corrected chi connectivity index (χ3v) is 7.57. The van der Waals surface area contributed by atoms with E-state index >= 15 is 0 Å². The molecular formula is C37H66O4. The molecule has 0 saturated carbocycles. The van der Waals surface area contributed by atoms with Gasteiger partial charge < -0.3 is 9.84 Å². The van der Waals surface area contributed by atoms with E-state index in [0.29, 0.717) is 6.42 Å². The molecule has 0 aliphatic heterocycles. The first-order valence-corrected chi connectivity index (χ1v) is 17.5. The topological polar surface area (TPSA) is 63.6 Å². The molecule has 0 saturated heterocycles. The summed E-state index contributed by atoms with van der Waals surface area (Å²) in [5.41, 5.74) is 0. The van der Waals surface area contributed by atoms with Crippen molar-refractivity contribution in [2.24, 2.45) is 0 Å². The number of carboxylic acids is 1. The summed E-state index contributed by atoms with van der Waals surface area (Å²) in [7, 11) is 0. The van der Waals surface area contributed by atoms with Gasteiger partial charge in [-0.1, -0.05) is 128 Å². The highest BCUT2D eigenvalue weighted by atomic mass is 16.5. The molecule has 1 atom stereocenters. The van der Waals surface area contributed by atoms with Crippen LogP contribution in [0.1, 0.15) is 181 Å². The summed E-state index contributed by atoms with van der Waals surface area (Å²) >= 11 is 0. The van der Waals surface area contributed by atoms with E-state index in [9.17, 15) is 9.59 Å². The second-order valence-corrected chi connectivity index (χ2v) is 11.7. The van der Waals surface area contributed by atoms with Gasteiger partial charge in [-0.3, -0.25) is 9.59 Å². The van der Waals surface area contributed by atoms with Crippen molar-refractivity contribution in [1.29, 1.82) is 0 Å². The normalized spacial score (nSPS) is 12.6. The monoisotopic (exact) mass is 574 g/mol. The fourth-order valence-electron chi connectivity index (χ4n) is 4.95. The average molecular weight is 575 g/mol. The molecule has 1 unspecified atom stereocenters. The van der Waals surface area contributed by atoms with Crippen molar-refractivity contribution in [1.82, 2.24) is 0 Å². The minimum atomic E-state index is -0.705. The predicted molar refractivity (Wildman–Crippen MR) is 176 cm³/mol. The zero-order valence-corrected chi connectivity index (χ0v) is 27.1. The van der Waals surface area contributed by atoms with Crippen LogP contribution in [0.4, 0.5) is 0 Å². The van der Waals surface area contributed by atoms with Crippen LogP contribution in [-0.4, -0.2) is 23.1 Å². The van der Waals surface area contributed by atoms with Crippen molar-refractivity contribution in [2.75, 3.05) is 0 Å². The molecule has 0 radical (unpaired) electrons. The number of carbonyl (C=O) groups excluding carboxylic acids is 1. The summed E-state index contributed by atoms with van der Waals surface area (Å²) in [5.74, 6) is -0.769. The van der Waals surface area contributed by atoms with Crippen LogP contribution in [0.5, 0.6) is 0 Å². The molecule has 0 aromatic rings. The molecule has 0 aromatic heterocycles. The number of aliphatic carboxylic acids is 1. The molecule has 4 heteroatoms. The lowest BCUT2D eigenvalue weighted by atomic mass is 10.1. The molecule has 0 bridgehead atoms. The van der Waals surface area contributed by atoms with E-state index < -0.39 is 5.97 Å². The van der Waals surface area contributed by atoms with Crippen LogP contribution in [0.15, 0.2) is 36.5 Å². The maximum atomic E-state index is 12.6. The summed E-state index contributed by atoms with van der Waals surface area (Å²) in [6.07, 6.45) is 41.6. The van der Waals surface area contributed by atoms with Gasteiger partial charge in [-0.25, -0.2) is 0 Å². The summed E-state index contributed by atoms with van der Waals surface area (Å²) in [4.78, 5) is 23.2. The number of carboxylic acid groups (broad SMARTS) is 1. The molecule has 0 heterocycles. The van der Waals surface area contributed by atoms with Crippen LogP contribution < -0.4 is 0 Å². The van der Waals surface area contributed by atoms with Gasteiger partial charge in [0.05, 0.1) is 0 Å². The second-order valence-electron chi connectivity index (χ2n) is 11.7. The lowest BCUT2D eigenvalue weighted by Crippen LogP contribution is -2.16. The first-order chi connectivity index (χ1) is 20.1. The quantitative estimate of drug-likeness (QED) is 0.0508. The summed E-state index contributed by atoms with van der Waals surface area (Å²) in [6.45, 7) is 4.49. The lowest BCUT2D eigenvalue weighted by Gasteiger charge is -2.14. The van der Waals surface area contributed by atoms with Crippen LogP contribution in [0.25, 0.3) is 0 Å². The summed E-state index contributed by atoms with van der Waals surface area (Å²) in [6, 6.07) is 0. The van der Waals surface area contributed by atoms with E-state index in [2.05, 4.69) is 50.3 Å². The third-order valence-electron chi connectivity index (χ3n) is 7.57. The van der Waals surface area contributed by atoms with Crippen LogP contribution in [0.2, 0.25) is 0 Å². The summed E-state index contributed by atoms with van der Waals surface area (Å²) in [5, 5.41) is 8.75. The molecule has 0 aliphatic rings. The van der Waals surface area contributed by atoms with E-state index in [4.69, 9.17) is 9.84 Å². The Hall–Kier alpha value is -1.84. The molecule has 1 N–H and O–H groups in total. The highest BCUT2D eigenvalue weighted by molar-refractivity contribution is 5.69. The standard InChI is InChI=1S/C37H66O4/c1-3-5-7-9-11-13-14-15-16-18-20-26-30-34-37(40)41-35(31-27-23-19-17-12-10-8-6-4-2)32-28-24-21-22-25-29-33-36(38)39/h13-14,17,19,27,31,35H,3-12,15-16,18,20-26,28-30,32-34H2,1-2H3,(H,38,39)/b14-13-,19-17-,31-27-. The van der Waals surface area contributed by atoms with Crippen LogP contribution in [-0.2, 0) is 14.3 Å². The Morgan fingerprint density at radius 1 is 0.561 bits per heavy atom. The Balaban J connectivity index is 4.18. The van der Waals surface area contributed by atoms with Crippen LogP contribution >= 0.6 is 0 Å². The van der Waals surface area contributed by atoms with E-state index in [1.807, 2.05) is 0 Å². The van der Waals surface area contributed by atoms with E-state index in [0.717, 1.165) is 70.6 Å². The fourth-order valence-corrected chi connectivity index (χ4v) is 4.95. The van der Waals surface area contributed by atoms with Gasteiger partial charge in [-0.15, -0.1) is 0 Å². The number of unbranched alkanes of at least 4 members (excludes halogenated alkanes) is 18. The molecule has 0 fully saturated rings. The number of ether oxygens (including phenoxy) is 1. The molecule has 238 valence electrons. The van der Waals surface area contributed by atoms with Crippen molar-refractivity contribution in [3.63, 3.8) is 0 Å². The lowest BCUT2D eigenvalue weighted by molar-refractivity contribution is -0.147. The van der Waals surface area contributed by atoms with Gasteiger partial charge in [-0.2, -0.15) is 0 Å². The van der Waals surface area contributed by atoms with Crippen molar-refractivity contribution < 1.29 is 19.4 Å². The van der Waals surface area contributed by atoms with Crippen molar-refractivity contribution in [3.8, 4) is 0 Å². The second kappa shape index (κ2) is 32.7. The minimum Gasteiger partial charge on any atom is -0.481 e. The van der Waals surface area contributed by atoms with E-state index in [-0.39, 0.29) is 18.5 Å². The van der Waals surface area contributed by atoms with Gasteiger partial charge in [0.25, 0.3) is 0 Å². The molecule has 0 spiro atoms. The molecule has 0 aliphatic carbocycles. The van der Waals surface area contributed by atoms with Crippen LogP contribution in [0, 0.1) is 0 Å². The number of hydrogen-bond donors (Lipinski definition) is 1. The molecular weight excluding hydrogens is 508 g/mol. The number of esters is 1. The molecule has 0 rings (SSSR count). The highest BCUT2D eigenvalue weighted by Gasteiger charge is 2.11. The van der Waals surface area contributed by atoms with Gasteiger partial charge >= 0.3 is 11.9 Å². The first-order valence-electron chi connectivity index (χ1n) is 17.5. The first kappa shape index (κ1) is 39.2. The van der Waals surface area contributed by atoms with Gasteiger partial charge in [0.1, 0.15) is 6.10 Å². The van der Waals surface area contributed by atoms with Gasteiger partial charge in [-0.05, 0) is 76.7 Å². The largest absolute Gasteiger partial charge is 0.481 e. The Bertz CT molecular complexity index is 664. The number of carbonyl (C=O) groups is 2. The molecule has 41 heavy (non-hydrogen) atoms. The van der Waals surface area contributed by atoms with Crippen molar-refractivity contribution in [2.45, 2.75) is 187 Å². The number of hydrogen-bond acceptors (Lipinski definition) is 3. The maximum absolute atomic E-state index is 12.6. The Morgan fingerprint density at radius 2 is 1.02 bits per heavy atom. The Morgan fingerprint density at radius 3 is 1.59 bits per heavy atom. The van der Waals surface area contributed by atoms with Crippen molar-refractivity contribution >= 4 is 11.9 Å². The smallest absolute Gasteiger partial charge is 0.306 e. The fraction of sp³-hybridized carbons (Fsp3) is 0.784. The molecule has 4 nitrogen and oxygen atoms in total. The molecule has 0 amide bonds. The number of rotatable bonds is 31. The van der Waals surface area contributed by atoms with E-state index in [1.165, 1.54) is 83.5 Å².